The van der Waals surface area contributed by atoms with E-state index in [-0.39, 0.29) is 16.9 Å². The fourth-order valence-electron chi connectivity index (χ4n) is 1.35. The zero-order chi connectivity index (χ0) is 13.0. The molecule has 98 valence electrons. The van der Waals surface area contributed by atoms with Crippen LogP contribution in [0.3, 0.4) is 0 Å². The molecule has 0 N–H and O–H groups in total. The van der Waals surface area contributed by atoms with Gasteiger partial charge in [0.25, 0.3) is 0 Å². The first-order valence-electron chi connectivity index (χ1n) is 5.28. The van der Waals surface area contributed by atoms with Crippen LogP contribution in [0.1, 0.15) is 0 Å². The molecule has 0 aliphatic carbocycles. The van der Waals surface area contributed by atoms with Crippen LogP contribution in [-0.4, -0.2) is 39.7 Å². The molecule has 0 atom stereocenters. The molecule has 1 aromatic carbocycles. The summed E-state index contributed by atoms with van der Waals surface area (Å²) < 4.78 is 34.7. The first kappa shape index (κ1) is 13.4. The molecule has 2 aromatic rings. The quantitative estimate of drug-likeness (QED) is 0.756. The van der Waals surface area contributed by atoms with Crippen LogP contribution in [0.15, 0.2) is 28.6 Å². The number of rotatable bonds is 6. The van der Waals surface area contributed by atoms with Gasteiger partial charge in [0.05, 0.1) is 23.4 Å². The van der Waals surface area contributed by atoms with Gasteiger partial charge in [0.1, 0.15) is 0 Å². The van der Waals surface area contributed by atoms with Crippen LogP contribution in [0.4, 0.5) is 0 Å². The summed E-state index contributed by atoms with van der Waals surface area (Å²) in [4.78, 5) is 4.10. The van der Waals surface area contributed by atoms with Crippen LogP contribution < -0.4 is 0 Å². The number of hydrogen-bond donors (Lipinski definition) is 0. The number of methoxy groups -OCH3 is 1. The zero-order valence-corrected chi connectivity index (χ0v) is 11.5. The van der Waals surface area contributed by atoms with Crippen molar-refractivity contribution in [1.29, 1.82) is 0 Å². The lowest BCUT2D eigenvalue weighted by Crippen LogP contribution is -2.12. The van der Waals surface area contributed by atoms with Crippen molar-refractivity contribution >= 4 is 31.4 Å². The molecular weight excluding hydrogens is 274 g/mol. The van der Waals surface area contributed by atoms with Gasteiger partial charge in [0.15, 0.2) is 5.94 Å². The van der Waals surface area contributed by atoms with Crippen molar-refractivity contribution in [3.63, 3.8) is 0 Å². The Morgan fingerprint density at radius 3 is 2.78 bits per heavy atom. The van der Waals surface area contributed by atoms with Crippen molar-refractivity contribution in [3.8, 4) is 0 Å². The summed E-state index contributed by atoms with van der Waals surface area (Å²) in [7, 11) is -1.94. The van der Waals surface area contributed by atoms with Crippen molar-refractivity contribution in [2.24, 2.45) is 0 Å². The minimum absolute atomic E-state index is 0.0983. The second kappa shape index (κ2) is 5.75. The van der Waals surface area contributed by atoms with Crippen molar-refractivity contribution < 1.29 is 17.9 Å². The van der Waals surface area contributed by atoms with Crippen LogP contribution in [0, 0.1) is 0 Å². The average molecular weight is 287 g/mol. The van der Waals surface area contributed by atoms with E-state index < -0.39 is 9.84 Å². The Labute approximate surface area is 109 Å². The molecule has 1 heterocycles. The van der Waals surface area contributed by atoms with Gasteiger partial charge in [0.2, 0.25) is 14.2 Å². The molecule has 5 nitrogen and oxygen atoms in total. The Kier molecular flexibility index (Phi) is 4.28. The number of benzene rings is 1. The van der Waals surface area contributed by atoms with E-state index in [1.165, 1.54) is 7.11 Å². The first-order valence-corrected chi connectivity index (χ1v) is 7.75. The topological polar surface area (TPSA) is 65.5 Å². The van der Waals surface area contributed by atoms with E-state index >= 15 is 0 Å². The fraction of sp³-hybridized carbons (Fsp3) is 0.364. The van der Waals surface area contributed by atoms with Gasteiger partial charge in [-0.2, -0.15) is 0 Å². The molecule has 0 amide bonds. The molecule has 0 saturated heterocycles. The molecule has 0 bridgehead atoms. The smallest absolute Gasteiger partial charge is 0.229 e. The Bertz CT molecular complexity index is 588. The number of hydrogen-bond acceptors (Lipinski definition) is 6. The standard InChI is InChI=1S/C11H13NO4S2/c1-15-6-7-16-8-18(13,14)11-12-9-4-2-3-5-10(9)17-11/h2-5H,6-8H2,1H3. The minimum Gasteiger partial charge on any atom is -0.382 e. The van der Waals surface area contributed by atoms with Gasteiger partial charge in [-0.3, -0.25) is 0 Å². The van der Waals surface area contributed by atoms with Crippen molar-refractivity contribution in [2.45, 2.75) is 4.34 Å². The molecule has 18 heavy (non-hydrogen) atoms. The molecule has 7 heteroatoms. The molecule has 0 fully saturated rings. The molecule has 1 aromatic heterocycles. The third-order valence-electron chi connectivity index (χ3n) is 2.21. The number of sulfone groups is 1. The Morgan fingerprint density at radius 2 is 2.06 bits per heavy atom. The zero-order valence-electron chi connectivity index (χ0n) is 9.83. The molecule has 0 saturated carbocycles. The van der Waals surface area contributed by atoms with Gasteiger partial charge in [-0.1, -0.05) is 12.1 Å². The Hall–Kier alpha value is -1.02. The number of ether oxygens (including phenoxy) is 2. The van der Waals surface area contributed by atoms with Crippen LogP contribution >= 0.6 is 11.3 Å². The summed E-state index contributed by atoms with van der Waals surface area (Å²) in [6.45, 7) is 0.621. The van der Waals surface area contributed by atoms with E-state index in [2.05, 4.69) is 4.98 Å². The van der Waals surface area contributed by atoms with E-state index in [9.17, 15) is 8.42 Å². The van der Waals surface area contributed by atoms with E-state index in [0.717, 1.165) is 16.0 Å². The summed E-state index contributed by atoms with van der Waals surface area (Å²) in [6.07, 6.45) is 0. The maximum atomic E-state index is 11.9. The van der Waals surface area contributed by atoms with Gasteiger partial charge in [-0.25, -0.2) is 13.4 Å². The SMILES string of the molecule is COCCOCS(=O)(=O)c1nc2ccccc2s1. The summed E-state index contributed by atoms with van der Waals surface area (Å²) in [6, 6.07) is 7.31. The van der Waals surface area contributed by atoms with Gasteiger partial charge in [0, 0.05) is 7.11 Å². The van der Waals surface area contributed by atoms with Crippen LogP contribution in [0.5, 0.6) is 0 Å². The number of nitrogens with zero attached hydrogens (tertiary/aromatic N) is 1. The third kappa shape index (κ3) is 3.05. The summed E-state index contributed by atoms with van der Waals surface area (Å²) >= 11 is 1.16. The lowest BCUT2D eigenvalue weighted by atomic mass is 10.3. The number of aromatic nitrogens is 1. The lowest BCUT2D eigenvalue weighted by Gasteiger charge is -2.02. The van der Waals surface area contributed by atoms with Crippen molar-refractivity contribution in [3.05, 3.63) is 24.3 Å². The highest BCUT2D eigenvalue weighted by molar-refractivity contribution is 7.93. The summed E-state index contributed by atoms with van der Waals surface area (Å²) in [5.74, 6) is -0.365. The number of fused-ring (bicyclic) bond motifs is 1. The van der Waals surface area contributed by atoms with Gasteiger partial charge >= 0.3 is 0 Å². The predicted molar refractivity (Wildman–Crippen MR) is 69.5 cm³/mol. The summed E-state index contributed by atoms with van der Waals surface area (Å²) in [5, 5.41) is 0. The van der Waals surface area contributed by atoms with E-state index in [4.69, 9.17) is 9.47 Å². The van der Waals surface area contributed by atoms with Crippen molar-refractivity contribution in [1.82, 2.24) is 4.98 Å². The Morgan fingerprint density at radius 1 is 1.28 bits per heavy atom. The average Bonchev–Trinajstić information content (AvgIpc) is 2.79. The van der Waals surface area contributed by atoms with Crippen molar-refractivity contribution in [2.75, 3.05) is 26.3 Å². The second-order valence-corrected chi connectivity index (χ2v) is 6.72. The molecule has 0 spiro atoms. The highest BCUT2D eigenvalue weighted by Gasteiger charge is 2.19. The normalized spacial score (nSPS) is 12.1. The second-order valence-electron chi connectivity index (χ2n) is 3.58. The maximum absolute atomic E-state index is 11.9. The van der Waals surface area contributed by atoms with Gasteiger partial charge in [-0.05, 0) is 12.1 Å². The number of para-hydroxylation sites is 1. The third-order valence-corrected chi connectivity index (χ3v) is 5.15. The Balaban J connectivity index is 2.14. The molecular formula is C11H13NO4S2. The van der Waals surface area contributed by atoms with E-state index in [0.29, 0.717) is 12.1 Å². The lowest BCUT2D eigenvalue weighted by molar-refractivity contribution is 0.0928. The van der Waals surface area contributed by atoms with Gasteiger partial charge in [-0.15, -0.1) is 11.3 Å². The van der Waals surface area contributed by atoms with Crippen LogP contribution in [0.25, 0.3) is 10.2 Å². The predicted octanol–water partition coefficient (Wildman–Crippen LogP) is 1.69. The van der Waals surface area contributed by atoms with E-state index in [1.54, 1.807) is 6.07 Å². The molecule has 0 aliphatic heterocycles. The van der Waals surface area contributed by atoms with E-state index in [1.807, 2.05) is 18.2 Å². The molecule has 0 aliphatic rings. The largest absolute Gasteiger partial charge is 0.382 e. The minimum atomic E-state index is -3.47. The van der Waals surface area contributed by atoms with Gasteiger partial charge < -0.3 is 9.47 Å². The maximum Gasteiger partial charge on any atom is 0.229 e. The monoisotopic (exact) mass is 287 g/mol. The highest BCUT2D eigenvalue weighted by atomic mass is 32.2. The molecule has 0 radical (unpaired) electrons. The highest BCUT2D eigenvalue weighted by Crippen LogP contribution is 2.25. The molecule has 2 rings (SSSR count). The van der Waals surface area contributed by atoms with Crippen LogP contribution in [0.2, 0.25) is 0 Å². The summed E-state index contributed by atoms with van der Waals surface area (Å²) in [5.41, 5.74) is 0.693. The molecule has 0 unspecified atom stereocenters. The first-order chi connectivity index (χ1) is 8.63. The number of thiazole rings is 1. The fourth-order valence-corrected chi connectivity index (χ4v) is 3.64. The van der Waals surface area contributed by atoms with Crippen LogP contribution in [-0.2, 0) is 19.3 Å².